The maximum atomic E-state index is 15.1. The third-order valence-corrected chi connectivity index (χ3v) is 7.45. The number of benzene rings is 1. The molecule has 0 heterocycles. The molecule has 0 N–H and O–H groups in total. The molecule has 1 aromatic carbocycles. The Morgan fingerprint density at radius 2 is 1.26 bits per heavy atom. The fourth-order valence-corrected chi connectivity index (χ4v) is 5.35. The van der Waals surface area contributed by atoms with Gasteiger partial charge in [-0.05, 0) is 93.2 Å². The maximum Gasteiger partial charge on any atom is 0.340 e. The van der Waals surface area contributed by atoms with Crippen molar-refractivity contribution in [2.75, 3.05) is 0 Å². The summed E-state index contributed by atoms with van der Waals surface area (Å²) >= 11 is 0. The molecule has 0 radical (unpaired) electrons. The molecule has 1 aromatic rings. The zero-order valence-electron chi connectivity index (χ0n) is 20.9. The van der Waals surface area contributed by atoms with Crippen LogP contribution in [0.2, 0.25) is 0 Å². The predicted octanol–water partition coefficient (Wildman–Crippen LogP) is 7.24. The molecule has 2 aliphatic rings. The lowest BCUT2D eigenvalue weighted by atomic mass is 9.79. The first kappa shape index (κ1) is 27.5. The molecule has 35 heavy (non-hydrogen) atoms. The lowest BCUT2D eigenvalue weighted by Crippen LogP contribution is -2.28. The third-order valence-electron chi connectivity index (χ3n) is 7.45. The van der Waals surface area contributed by atoms with Crippen LogP contribution in [0.3, 0.4) is 0 Å². The van der Waals surface area contributed by atoms with E-state index in [-0.39, 0.29) is 42.7 Å². The molecule has 2 aliphatic carbocycles. The van der Waals surface area contributed by atoms with Crippen LogP contribution in [0.15, 0.2) is 18.2 Å². The molecular formula is C28H39F3O4. The Bertz CT molecular complexity index is 829. The van der Waals surface area contributed by atoms with Gasteiger partial charge in [0, 0.05) is 0 Å². The highest BCUT2D eigenvalue weighted by molar-refractivity contribution is 5.75. The molecule has 0 spiro atoms. The number of halogens is 3. The summed E-state index contributed by atoms with van der Waals surface area (Å²) in [6, 6.07) is 5.47. The van der Waals surface area contributed by atoms with Crippen molar-refractivity contribution in [3.63, 3.8) is 0 Å². The lowest BCUT2D eigenvalue weighted by Gasteiger charge is -2.30. The highest BCUT2D eigenvalue weighted by Gasteiger charge is 2.30. The quantitative estimate of drug-likeness (QED) is 0.320. The standard InChI is InChI=1S/C28H39F3O4/c1-3-5-24(29)27(32)34-21-12-7-18(8-13-21)20-11-16-23(26(31)17-20)19-9-14-22(15-10-19)35-28(33)25(30)6-4-2/h11,16-19,21-22,24-25H,3-10,12-15H2,1-2H3. The second kappa shape index (κ2) is 13.3. The molecule has 2 unspecified atom stereocenters. The SMILES string of the molecule is CCCC(F)C(=O)OC1CCC(c2ccc(C3CCC(OC(=O)C(F)CCC)CC3)c(F)c2)CC1. The van der Waals surface area contributed by atoms with E-state index in [1.807, 2.05) is 26.0 Å². The number of rotatable bonds is 10. The average molecular weight is 497 g/mol. The van der Waals surface area contributed by atoms with Gasteiger partial charge in [0.05, 0.1) is 0 Å². The van der Waals surface area contributed by atoms with Gasteiger partial charge < -0.3 is 9.47 Å². The van der Waals surface area contributed by atoms with Crippen LogP contribution >= 0.6 is 0 Å². The van der Waals surface area contributed by atoms with Crippen LogP contribution in [-0.2, 0) is 19.1 Å². The number of carbonyl (C=O) groups is 2. The summed E-state index contributed by atoms with van der Waals surface area (Å²) in [4.78, 5) is 23.7. The fraction of sp³-hybridized carbons (Fsp3) is 0.714. The number of alkyl halides is 2. The Hall–Kier alpha value is -2.05. The average Bonchev–Trinajstić information content (AvgIpc) is 2.85. The van der Waals surface area contributed by atoms with Gasteiger partial charge in [-0.2, -0.15) is 0 Å². The van der Waals surface area contributed by atoms with Gasteiger partial charge in [0.25, 0.3) is 0 Å². The summed E-state index contributed by atoms with van der Waals surface area (Å²) in [6.07, 6.45) is 3.32. The Kier molecular flexibility index (Phi) is 10.5. The van der Waals surface area contributed by atoms with Crippen molar-refractivity contribution >= 4 is 11.9 Å². The van der Waals surface area contributed by atoms with Crippen LogP contribution < -0.4 is 0 Å². The molecule has 2 atom stereocenters. The van der Waals surface area contributed by atoms with Crippen LogP contribution in [0.4, 0.5) is 13.2 Å². The van der Waals surface area contributed by atoms with Crippen molar-refractivity contribution in [3.8, 4) is 0 Å². The van der Waals surface area contributed by atoms with Gasteiger partial charge in [-0.15, -0.1) is 0 Å². The molecule has 0 aliphatic heterocycles. The fourth-order valence-electron chi connectivity index (χ4n) is 5.35. The summed E-state index contributed by atoms with van der Waals surface area (Å²) in [6.45, 7) is 3.65. The number of hydrogen-bond donors (Lipinski definition) is 0. The van der Waals surface area contributed by atoms with E-state index < -0.39 is 24.3 Å². The zero-order chi connectivity index (χ0) is 25.4. The van der Waals surface area contributed by atoms with Gasteiger partial charge in [-0.1, -0.05) is 38.8 Å². The maximum absolute atomic E-state index is 15.1. The summed E-state index contributed by atoms with van der Waals surface area (Å²) in [5, 5.41) is 0. The zero-order valence-corrected chi connectivity index (χ0v) is 20.9. The van der Waals surface area contributed by atoms with Crippen LogP contribution in [0.1, 0.15) is 114 Å². The van der Waals surface area contributed by atoms with Crippen molar-refractivity contribution in [2.24, 2.45) is 0 Å². The van der Waals surface area contributed by atoms with Crippen molar-refractivity contribution in [1.82, 2.24) is 0 Å². The van der Waals surface area contributed by atoms with E-state index in [4.69, 9.17) is 9.47 Å². The lowest BCUT2D eigenvalue weighted by molar-refractivity contribution is -0.157. The first-order valence-corrected chi connectivity index (χ1v) is 13.3. The molecule has 2 saturated carbocycles. The molecular weight excluding hydrogens is 457 g/mol. The Balaban J connectivity index is 1.47. The smallest absolute Gasteiger partial charge is 0.340 e. The molecule has 0 saturated heterocycles. The van der Waals surface area contributed by atoms with E-state index in [9.17, 15) is 18.4 Å². The molecule has 2 fully saturated rings. The van der Waals surface area contributed by atoms with E-state index in [0.29, 0.717) is 56.9 Å². The highest BCUT2D eigenvalue weighted by atomic mass is 19.1. The number of carbonyl (C=O) groups excluding carboxylic acids is 2. The third kappa shape index (κ3) is 7.71. The van der Waals surface area contributed by atoms with E-state index in [1.54, 1.807) is 6.07 Å². The van der Waals surface area contributed by atoms with Crippen molar-refractivity contribution in [1.29, 1.82) is 0 Å². The molecule has 0 bridgehead atoms. The van der Waals surface area contributed by atoms with Crippen LogP contribution in [0, 0.1) is 5.82 Å². The number of hydrogen-bond acceptors (Lipinski definition) is 4. The van der Waals surface area contributed by atoms with Crippen molar-refractivity contribution in [3.05, 3.63) is 35.1 Å². The van der Waals surface area contributed by atoms with Gasteiger partial charge in [0.2, 0.25) is 0 Å². The van der Waals surface area contributed by atoms with Gasteiger partial charge in [0.1, 0.15) is 18.0 Å². The predicted molar refractivity (Wildman–Crippen MR) is 128 cm³/mol. The molecule has 0 amide bonds. The largest absolute Gasteiger partial charge is 0.460 e. The summed E-state index contributed by atoms with van der Waals surface area (Å²) in [5.41, 5.74) is 1.62. The van der Waals surface area contributed by atoms with Gasteiger partial charge in [0.15, 0.2) is 12.3 Å². The minimum absolute atomic E-state index is 0.0581. The topological polar surface area (TPSA) is 52.6 Å². The minimum atomic E-state index is -1.56. The monoisotopic (exact) mass is 496 g/mol. The Morgan fingerprint density at radius 3 is 1.69 bits per heavy atom. The number of esters is 2. The van der Waals surface area contributed by atoms with Crippen LogP contribution in [0.5, 0.6) is 0 Å². The first-order chi connectivity index (χ1) is 16.8. The second-order valence-electron chi connectivity index (χ2n) is 10.1. The summed E-state index contributed by atoms with van der Waals surface area (Å²) in [5.74, 6) is -1.51. The van der Waals surface area contributed by atoms with E-state index in [1.165, 1.54) is 0 Å². The molecule has 0 aromatic heterocycles. The van der Waals surface area contributed by atoms with Gasteiger partial charge in [-0.3, -0.25) is 0 Å². The van der Waals surface area contributed by atoms with E-state index in [2.05, 4.69) is 0 Å². The molecule has 3 rings (SSSR count). The van der Waals surface area contributed by atoms with Crippen LogP contribution in [-0.4, -0.2) is 36.5 Å². The summed E-state index contributed by atoms with van der Waals surface area (Å²) in [7, 11) is 0. The minimum Gasteiger partial charge on any atom is -0.460 e. The Morgan fingerprint density at radius 1 is 0.800 bits per heavy atom. The molecule has 7 heteroatoms. The Labute approximate surface area is 206 Å². The second-order valence-corrected chi connectivity index (χ2v) is 10.1. The van der Waals surface area contributed by atoms with E-state index in [0.717, 1.165) is 18.4 Å². The summed E-state index contributed by atoms with van der Waals surface area (Å²) < 4.78 is 53.1. The van der Waals surface area contributed by atoms with Crippen molar-refractivity contribution in [2.45, 2.75) is 127 Å². The van der Waals surface area contributed by atoms with Crippen molar-refractivity contribution < 1.29 is 32.2 Å². The number of ether oxygens (including phenoxy) is 2. The van der Waals surface area contributed by atoms with E-state index >= 15 is 4.39 Å². The van der Waals surface area contributed by atoms with Gasteiger partial charge in [-0.25, -0.2) is 22.8 Å². The van der Waals surface area contributed by atoms with Gasteiger partial charge >= 0.3 is 11.9 Å². The molecule has 196 valence electrons. The first-order valence-electron chi connectivity index (χ1n) is 13.3. The molecule has 4 nitrogen and oxygen atoms in total. The van der Waals surface area contributed by atoms with Crippen LogP contribution in [0.25, 0.3) is 0 Å². The normalized spacial score (nSPS) is 26.5. The highest BCUT2D eigenvalue weighted by Crippen LogP contribution is 2.39.